The number of nitrogens with one attached hydrogen (secondary N) is 1. The fourth-order valence-corrected chi connectivity index (χ4v) is 1.72. The number of hydrogen-bond donors (Lipinski definition) is 3. The molecule has 1 aromatic rings. The van der Waals surface area contributed by atoms with E-state index in [9.17, 15) is 9.59 Å². The van der Waals surface area contributed by atoms with E-state index in [0.29, 0.717) is 6.54 Å². The Morgan fingerprint density at radius 1 is 1.35 bits per heavy atom. The number of thiol groups is 1. The Balaban J connectivity index is 2.68. The molecule has 0 amide bonds. The Morgan fingerprint density at radius 2 is 1.94 bits per heavy atom. The van der Waals surface area contributed by atoms with E-state index in [-0.39, 0.29) is 12.2 Å². The standard InChI is InChI=1S/C12H15NO3S/c1-9(14)7-12(17,11(15)16)13-8-10-5-3-2-4-6-10/h2-6,13,17H,7-8H2,1H3,(H,15,16). The zero-order chi connectivity index (χ0) is 12.9. The fraction of sp³-hybridized carbons (Fsp3) is 0.333. The molecule has 0 spiro atoms. The minimum Gasteiger partial charge on any atom is -0.479 e. The van der Waals surface area contributed by atoms with Gasteiger partial charge in [-0.25, -0.2) is 4.79 Å². The Kier molecular flexibility index (Phi) is 4.72. The quantitative estimate of drug-likeness (QED) is 0.530. The minimum atomic E-state index is -1.51. The number of rotatable bonds is 6. The van der Waals surface area contributed by atoms with Gasteiger partial charge in [0.2, 0.25) is 0 Å². The van der Waals surface area contributed by atoms with Gasteiger partial charge in [0.1, 0.15) is 5.78 Å². The third kappa shape index (κ3) is 4.20. The van der Waals surface area contributed by atoms with Crippen LogP contribution in [0.25, 0.3) is 0 Å². The Hall–Kier alpha value is -1.33. The Labute approximate surface area is 105 Å². The first-order valence-corrected chi connectivity index (χ1v) is 5.63. The van der Waals surface area contributed by atoms with Crippen LogP contribution >= 0.6 is 12.6 Å². The lowest BCUT2D eigenvalue weighted by Gasteiger charge is -2.24. The molecule has 1 unspecified atom stereocenters. The molecular weight excluding hydrogens is 238 g/mol. The van der Waals surface area contributed by atoms with Gasteiger partial charge >= 0.3 is 5.97 Å². The fourth-order valence-electron chi connectivity index (χ4n) is 1.42. The van der Waals surface area contributed by atoms with E-state index in [1.165, 1.54) is 6.92 Å². The summed E-state index contributed by atoms with van der Waals surface area (Å²) in [6.45, 7) is 1.70. The van der Waals surface area contributed by atoms with E-state index in [2.05, 4.69) is 17.9 Å². The summed E-state index contributed by atoms with van der Waals surface area (Å²) in [7, 11) is 0. The lowest BCUT2D eigenvalue weighted by atomic mass is 10.1. The highest BCUT2D eigenvalue weighted by Gasteiger charge is 2.35. The van der Waals surface area contributed by atoms with Crippen molar-refractivity contribution in [1.82, 2.24) is 5.32 Å². The third-order valence-electron chi connectivity index (χ3n) is 2.29. The highest BCUT2D eigenvalue weighted by Crippen LogP contribution is 2.17. The van der Waals surface area contributed by atoms with Gasteiger partial charge in [-0.05, 0) is 12.5 Å². The van der Waals surface area contributed by atoms with Crippen molar-refractivity contribution in [3.8, 4) is 0 Å². The minimum absolute atomic E-state index is 0.154. The number of hydrogen-bond acceptors (Lipinski definition) is 4. The molecule has 2 N–H and O–H groups in total. The summed E-state index contributed by atoms with van der Waals surface area (Å²) in [5.41, 5.74) is 0.940. The van der Waals surface area contributed by atoms with Crippen LogP contribution in [0.2, 0.25) is 0 Å². The second-order valence-electron chi connectivity index (χ2n) is 3.88. The number of carboxylic acids is 1. The molecule has 92 valence electrons. The van der Waals surface area contributed by atoms with Crippen LogP contribution in [-0.2, 0) is 16.1 Å². The molecule has 1 atom stereocenters. The lowest BCUT2D eigenvalue weighted by molar-refractivity contribution is -0.142. The molecule has 0 aliphatic carbocycles. The molecule has 1 aromatic carbocycles. The number of benzene rings is 1. The van der Waals surface area contributed by atoms with E-state index in [0.717, 1.165) is 5.56 Å². The lowest BCUT2D eigenvalue weighted by Crippen LogP contribution is -2.48. The van der Waals surface area contributed by atoms with Crippen LogP contribution in [0.3, 0.4) is 0 Å². The Morgan fingerprint density at radius 3 is 2.41 bits per heavy atom. The third-order valence-corrected chi connectivity index (χ3v) is 2.79. The Bertz CT molecular complexity index is 407. The summed E-state index contributed by atoms with van der Waals surface area (Å²) in [5.74, 6) is -1.37. The molecule has 0 saturated heterocycles. The molecule has 1 rings (SSSR count). The number of carboxylic acid groups (broad SMARTS) is 1. The monoisotopic (exact) mass is 253 g/mol. The predicted molar refractivity (Wildman–Crippen MR) is 67.9 cm³/mol. The van der Waals surface area contributed by atoms with Gasteiger partial charge < -0.3 is 5.11 Å². The van der Waals surface area contributed by atoms with Crippen LogP contribution in [0.1, 0.15) is 18.9 Å². The number of carbonyl (C=O) groups is 2. The van der Waals surface area contributed by atoms with Crippen LogP contribution in [-0.4, -0.2) is 21.7 Å². The second kappa shape index (κ2) is 5.84. The SMILES string of the molecule is CC(=O)CC(S)(NCc1ccccc1)C(=O)O. The second-order valence-corrected chi connectivity index (χ2v) is 4.65. The van der Waals surface area contributed by atoms with Gasteiger partial charge in [-0.15, -0.1) is 12.6 Å². The van der Waals surface area contributed by atoms with Gasteiger partial charge in [0.25, 0.3) is 0 Å². The summed E-state index contributed by atoms with van der Waals surface area (Å²) < 4.78 is 0. The van der Waals surface area contributed by atoms with Crippen molar-refractivity contribution in [3.05, 3.63) is 35.9 Å². The van der Waals surface area contributed by atoms with Gasteiger partial charge in [0, 0.05) is 13.0 Å². The number of Topliss-reactive ketones (excluding diaryl/α,β-unsaturated/α-hetero) is 1. The maximum atomic E-state index is 11.1. The van der Waals surface area contributed by atoms with Crippen molar-refractivity contribution in [1.29, 1.82) is 0 Å². The largest absolute Gasteiger partial charge is 0.479 e. The molecule has 0 saturated carbocycles. The summed E-state index contributed by atoms with van der Waals surface area (Å²) in [5, 5.41) is 11.9. The molecule has 0 aromatic heterocycles. The smallest absolute Gasteiger partial charge is 0.334 e. The van der Waals surface area contributed by atoms with E-state index in [1.807, 2.05) is 30.3 Å². The number of ketones is 1. The molecule has 0 aliphatic heterocycles. The van der Waals surface area contributed by atoms with Crippen molar-refractivity contribution in [2.75, 3.05) is 0 Å². The zero-order valence-electron chi connectivity index (χ0n) is 9.51. The number of aliphatic carboxylic acids is 1. The molecule has 0 fully saturated rings. The molecule has 0 heterocycles. The van der Waals surface area contributed by atoms with E-state index in [4.69, 9.17) is 5.11 Å². The van der Waals surface area contributed by atoms with Gasteiger partial charge in [-0.1, -0.05) is 30.3 Å². The van der Waals surface area contributed by atoms with Gasteiger partial charge in [-0.2, -0.15) is 0 Å². The normalized spacial score (nSPS) is 14.0. The highest BCUT2D eigenvalue weighted by atomic mass is 32.1. The van der Waals surface area contributed by atoms with Crippen LogP contribution in [0.4, 0.5) is 0 Å². The molecule has 0 aliphatic rings. The van der Waals surface area contributed by atoms with E-state index in [1.54, 1.807) is 0 Å². The van der Waals surface area contributed by atoms with Crippen LogP contribution < -0.4 is 5.32 Å². The van der Waals surface area contributed by atoms with Gasteiger partial charge in [0.15, 0.2) is 4.87 Å². The van der Waals surface area contributed by atoms with Crippen LogP contribution in [0.15, 0.2) is 30.3 Å². The summed E-state index contributed by atoms with van der Waals surface area (Å²) in [4.78, 5) is 20.6. The van der Waals surface area contributed by atoms with Gasteiger partial charge in [0.05, 0.1) is 0 Å². The van der Waals surface area contributed by atoms with Crippen molar-refractivity contribution >= 4 is 24.4 Å². The maximum absolute atomic E-state index is 11.1. The highest BCUT2D eigenvalue weighted by molar-refractivity contribution is 7.82. The predicted octanol–water partition coefficient (Wildman–Crippen LogP) is 1.47. The molecule has 4 nitrogen and oxygen atoms in total. The van der Waals surface area contributed by atoms with Crippen molar-refractivity contribution in [2.45, 2.75) is 24.8 Å². The average molecular weight is 253 g/mol. The molecule has 17 heavy (non-hydrogen) atoms. The van der Waals surface area contributed by atoms with Gasteiger partial charge in [-0.3, -0.25) is 10.1 Å². The summed E-state index contributed by atoms with van der Waals surface area (Å²) >= 11 is 4.05. The first-order valence-electron chi connectivity index (χ1n) is 5.18. The zero-order valence-corrected chi connectivity index (χ0v) is 10.4. The van der Waals surface area contributed by atoms with E-state index >= 15 is 0 Å². The topological polar surface area (TPSA) is 66.4 Å². The van der Waals surface area contributed by atoms with Crippen molar-refractivity contribution in [2.24, 2.45) is 0 Å². The maximum Gasteiger partial charge on any atom is 0.334 e. The molecular formula is C12H15NO3S. The molecule has 5 heteroatoms. The average Bonchev–Trinajstić information content (AvgIpc) is 2.27. The molecule has 0 radical (unpaired) electrons. The summed E-state index contributed by atoms with van der Waals surface area (Å²) in [6.07, 6.45) is -0.154. The van der Waals surface area contributed by atoms with Crippen LogP contribution in [0.5, 0.6) is 0 Å². The van der Waals surface area contributed by atoms with E-state index < -0.39 is 10.8 Å². The number of carbonyl (C=O) groups excluding carboxylic acids is 1. The molecule has 0 bridgehead atoms. The van der Waals surface area contributed by atoms with Crippen LogP contribution in [0, 0.1) is 0 Å². The van der Waals surface area contributed by atoms with Crippen molar-refractivity contribution in [3.63, 3.8) is 0 Å². The first kappa shape index (κ1) is 13.7. The first-order chi connectivity index (χ1) is 7.94. The summed E-state index contributed by atoms with van der Waals surface area (Å²) in [6, 6.07) is 9.35. The van der Waals surface area contributed by atoms with Crippen molar-refractivity contribution < 1.29 is 14.7 Å².